The molecular formula is C22H18N6O3S. The van der Waals surface area contributed by atoms with E-state index in [0.29, 0.717) is 47.1 Å². The molecule has 0 atom stereocenters. The van der Waals surface area contributed by atoms with E-state index in [1.165, 1.54) is 11.8 Å². The predicted octanol–water partition coefficient (Wildman–Crippen LogP) is 3.23. The molecule has 0 spiro atoms. The summed E-state index contributed by atoms with van der Waals surface area (Å²) in [6, 6.07) is 15.0. The molecule has 1 amide bonds. The summed E-state index contributed by atoms with van der Waals surface area (Å²) in [5.74, 6) is 1.84. The summed E-state index contributed by atoms with van der Waals surface area (Å²) >= 11 is 1.29. The molecule has 32 heavy (non-hydrogen) atoms. The minimum atomic E-state index is -0.171. The quantitative estimate of drug-likeness (QED) is 0.450. The Bertz CT molecular complexity index is 1230. The monoisotopic (exact) mass is 446 g/mol. The van der Waals surface area contributed by atoms with E-state index < -0.39 is 0 Å². The van der Waals surface area contributed by atoms with Gasteiger partial charge in [0.2, 0.25) is 5.91 Å². The number of amides is 1. The van der Waals surface area contributed by atoms with Gasteiger partial charge in [-0.2, -0.15) is 0 Å². The predicted molar refractivity (Wildman–Crippen MR) is 119 cm³/mol. The Morgan fingerprint density at radius 2 is 1.88 bits per heavy atom. The van der Waals surface area contributed by atoms with Crippen LogP contribution in [0.5, 0.6) is 11.5 Å². The molecular weight excluding hydrogens is 428 g/mol. The topological polar surface area (TPSA) is 104 Å². The summed E-state index contributed by atoms with van der Waals surface area (Å²) in [4.78, 5) is 21.1. The number of para-hydroxylation sites is 1. The molecule has 0 fully saturated rings. The molecule has 3 heterocycles. The SMILES string of the molecule is O=C(CSc1nnc(-c2cnccn2)n1-c1ccccc1)Nc1ccc2c(c1)OCCO2. The molecule has 2 aromatic heterocycles. The van der Waals surface area contributed by atoms with E-state index in [-0.39, 0.29) is 11.7 Å². The lowest BCUT2D eigenvalue weighted by Gasteiger charge is -2.19. The summed E-state index contributed by atoms with van der Waals surface area (Å²) in [6.07, 6.45) is 4.84. The van der Waals surface area contributed by atoms with E-state index in [0.717, 1.165) is 5.69 Å². The molecule has 9 nitrogen and oxygen atoms in total. The average Bonchev–Trinajstić information content (AvgIpc) is 3.28. The van der Waals surface area contributed by atoms with Crippen molar-refractivity contribution in [3.63, 3.8) is 0 Å². The lowest BCUT2D eigenvalue weighted by atomic mass is 10.2. The van der Waals surface area contributed by atoms with Crippen LogP contribution in [0.1, 0.15) is 0 Å². The third kappa shape index (κ3) is 4.26. The minimum Gasteiger partial charge on any atom is -0.486 e. The standard InChI is InChI=1S/C22H18N6O3S/c29-20(25-15-6-7-18-19(12-15)31-11-10-30-18)14-32-22-27-26-21(17-13-23-8-9-24-17)28(22)16-4-2-1-3-5-16/h1-9,12-13H,10-11,14H2,(H,25,29). The molecule has 0 radical (unpaired) electrons. The van der Waals surface area contributed by atoms with E-state index in [1.807, 2.05) is 34.9 Å². The maximum Gasteiger partial charge on any atom is 0.234 e. The highest BCUT2D eigenvalue weighted by Crippen LogP contribution is 2.33. The van der Waals surface area contributed by atoms with Crippen LogP contribution in [-0.2, 0) is 4.79 Å². The first-order chi connectivity index (χ1) is 15.8. The summed E-state index contributed by atoms with van der Waals surface area (Å²) in [5.41, 5.74) is 2.11. The highest BCUT2D eigenvalue weighted by atomic mass is 32.2. The zero-order valence-electron chi connectivity index (χ0n) is 16.8. The number of ether oxygens (including phenoxy) is 2. The summed E-state index contributed by atoms with van der Waals surface area (Å²) in [6.45, 7) is 1.01. The van der Waals surface area contributed by atoms with Crippen molar-refractivity contribution in [2.24, 2.45) is 0 Å². The van der Waals surface area contributed by atoms with Gasteiger partial charge < -0.3 is 14.8 Å². The molecule has 0 bridgehead atoms. The molecule has 0 aliphatic carbocycles. The number of carbonyl (C=O) groups is 1. The van der Waals surface area contributed by atoms with Gasteiger partial charge >= 0.3 is 0 Å². The fourth-order valence-electron chi connectivity index (χ4n) is 3.20. The third-order valence-electron chi connectivity index (χ3n) is 4.60. The zero-order valence-corrected chi connectivity index (χ0v) is 17.7. The van der Waals surface area contributed by atoms with E-state index in [4.69, 9.17) is 9.47 Å². The van der Waals surface area contributed by atoms with E-state index >= 15 is 0 Å². The fourth-order valence-corrected chi connectivity index (χ4v) is 3.95. The van der Waals surface area contributed by atoms with Crippen LogP contribution in [0, 0.1) is 0 Å². The second kappa shape index (κ2) is 9.06. The van der Waals surface area contributed by atoms with Gasteiger partial charge in [-0.1, -0.05) is 30.0 Å². The van der Waals surface area contributed by atoms with Crippen LogP contribution < -0.4 is 14.8 Å². The number of anilines is 1. The van der Waals surface area contributed by atoms with Gasteiger partial charge in [0.05, 0.1) is 11.9 Å². The van der Waals surface area contributed by atoms with Crippen LogP contribution in [-0.4, -0.2) is 49.6 Å². The molecule has 2 aromatic carbocycles. The van der Waals surface area contributed by atoms with Crippen molar-refractivity contribution in [3.05, 3.63) is 67.1 Å². The number of rotatable bonds is 6. The number of nitrogens with zero attached hydrogens (tertiary/aromatic N) is 5. The van der Waals surface area contributed by atoms with E-state index in [1.54, 1.807) is 36.8 Å². The number of hydrogen-bond acceptors (Lipinski definition) is 8. The molecule has 0 unspecified atom stereocenters. The number of benzene rings is 2. The van der Waals surface area contributed by atoms with Crippen molar-refractivity contribution in [2.75, 3.05) is 24.3 Å². The van der Waals surface area contributed by atoms with Crippen LogP contribution in [0.15, 0.2) is 72.3 Å². The largest absolute Gasteiger partial charge is 0.486 e. The molecule has 4 aromatic rings. The van der Waals surface area contributed by atoms with Gasteiger partial charge in [0.25, 0.3) is 0 Å². The Balaban J connectivity index is 1.34. The van der Waals surface area contributed by atoms with Crippen LogP contribution in [0.2, 0.25) is 0 Å². The Labute approximate surface area is 187 Å². The van der Waals surface area contributed by atoms with E-state index in [9.17, 15) is 4.79 Å². The lowest BCUT2D eigenvalue weighted by Crippen LogP contribution is -2.17. The highest BCUT2D eigenvalue weighted by molar-refractivity contribution is 7.99. The van der Waals surface area contributed by atoms with Gasteiger partial charge in [-0.3, -0.25) is 14.3 Å². The Kier molecular flexibility index (Phi) is 5.67. The summed E-state index contributed by atoms with van der Waals surface area (Å²) in [7, 11) is 0. The first-order valence-electron chi connectivity index (χ1n) is 9.87. The Morgan fingerprint density at radius 3 is 2.69 bits per heavy atom. The first kappa shape index (κ1) is 20.0. The minimum absolute atomic E-state index is 0.153. The fraction of sp³-hybridized carbons (Fsp3) is 0.136. The molecule has 1 aliphatic heterocycles. The van der Waals surface area contributed by atoms with Crippen molar-refractivity contribution in [3.8, 4) is 28.7 Å². The molecule has 0 saturated heterocycles. The highest BCUT2D eigenvalue weighted by Gasteiger charge is 2.19. The Hall–Kier alpha value is -3.92. The number of thioether (sulfide) groups is 1. The van der Waals surface area contributed by atoms with Crippen molar-refractivity contribution >= 4 is 23.4 Å². The second-order valence-corrected chi connectivity index (χ2v) is 7.71. The van der Waals surface area contributed by atoms with Gasteiger partial charge in [-0.15, -0.1) is 10.2 Å². The Morgan fingerprint density at radius 1 is 1.03 bits per heavy atom. The normalized spacial score (nSPS) is 12.4. The lowest BCUT2D eigenvalue weighted by molar-refractivity contribution is -0.113. The molecule has 1 aliphatic rings. The number of fused-ring (bicyclic) bond motifs is 1. The molecule has 10 heteroatoms. The molecule has 5 rings (SSSR count). The summed E-state index contributed by atoms with van der Waals surface area (Å²) < 4.78 is 13.0. The maximum atomic E-state index is 12.6. The van der Waals surface area contributed by atoms with Gasteiger partial charge in [0.1, 0.15) is 18.9 Å². The molecule has 1 N–H and O–H groups in total. The number of hydrogen-bond donors (Lipinski definition) is 1. The summed E-state index contributed by atoms with van der Waals surface area (Å²) in [5, 5.41) is 12.1. The second-order valence-electron chi connectivity index (χ2n) is 6.76. The van der Waals surface area contributed by atoms with Gasteiger partial charge in [0, 0.05) is 29.8 Å². The number of carbonyl (C=O) groups excluding carboxylic acids is 1. The molecule has 160 valence electrons. The van der Waals surface area contributed by atoms with Crippen LogP contribution >= 0.6 is 11.8 Å². The maximum absolute atomic E-state index is 12.6. The van der Waals surface area contributed by atoms with Crippen LogP contribution in [0.25, 0.3) is 17.2 Å². The van der Waals surface area contributed by atoms with Crippen molar-refractivity contribution < 1.29 is 14.3 Å². The van der Waals surface area contributed by atoms with Crippen LogP contribution in [0.4, 0.5) is 5.69 Å². The van der Waals surface area contributed by atoms with E-state index in [2.05, 4.69) is 25.5 Å². The molecule has 0 saturated carbocycles. The van der Waals surface area contributed by atoms with Gasteiger partial charge in [-0.25, -0.2) is 4.98 Å². The van der Waals surface area contributed by atoms with Gasteiger partial charge in [0.15, 0.2) is 22.5 Å². The smallest absolute Gasteiger partial charge is 0.234 e. The third-order valence-corrected chi connectivity index (χ3v) is 5.53. The number of aromatic nitrogens is 5. The van der Waals surface area contributed by atoms with Gasteiger partial charge in [-0.05, 0) is 24.3 Å². The first-order valence-corrected chi connectivity index (χ1v) is 10.9. The van der Waals surface area contributed by atoms with Crippen molar-refractivity contribution in [1.29, 1.82) is 0 Å². The van der Waals surface area contributed by atoms with Crippen molar-refractivity contribution in [2.45, 2.75) is 5.16 Å². The van der Waals surface area contributed by atoms with Crippen LogP contribution in [0.3, 0.4) is 0 Å². The van der Waals surface area contributed by atoms with Crippen molar-refractivity contribution in [1.82, 2.24) is 24.7 Å². The number of nitrogens with one attached hydrogen (secondary N) is 1. The zero-order chi connectivity index (χ0) is 21.8. The average molecular weight is 446 g/mol.